The van der Waals surface area contributed by atoms with Gasteiger partial charge in [-0.25, -0.2) is 13.1 Å². The summed E-state index contributed by atoms with van der Waals surface area (Å²) in [6.07, 6.45) is 0.519. The molecule has 0 saturated carbocycles. The van der Waals surface area contributed by atoms with Crippen molar-refractivity contribution in [1.82, 2.24) is 4.72 Å². The lowest BCUT2D eigenvalue weighted by molar-refractivity contribution is 0.180. The molecule has 3 N–H and O–H groups in total. The first kappa shape index (κ1) is 13.8. The van der Waals surface area contributed by atoms with Crippen molar-refractivity contribution in [2.45, 2.75) is 31.6 Å². The number of nitrogens with two attached hydrogens (primary N) is 1. The van der Waals surface area contributed by atoms with Crippen molar-refractivity contribution < 1.29 is 13.2 Å². The van der Waals surface area contributed by atoms with Gasteiger partial charge in [0.1, 0.15) is 0 Å². The third-order valence-electron chi connectivity index (χ3n) is 1.94. The van der Waals surface area contributed by atoms with Gasteiger partial charge >= 0.3 is 0 Å². The van der Waals surface area contributed by atoms with E-state index in [0.717, 1.165) is 0 Å². The number of hydrogen-bond donors (Lipinski definition) is 2. The number of hydrogen-bond acceptors (Lipinski definition) is 4. The molecule has 0 aliphatic rings. The van der Waals surface area contributed by atoms with Gasteiger partial charge in [0, 0.05) is 19.7 Å². The van der Waals surface area contributed by atoms with Crippen LogP contribution >= 0.6 is 0 Å². The van der Waals surface area contributed by atoms with Crippen LogP contribution in [0.3, 0.4) is 0 Å². The molecular formula is C8H20N2O3S. The van der Waals surface area contributed by atoms with Gasteiger partial charge in [-0.2, -0.15) is 0 Å². The van der Waals surface area contributed by atoms with E-state index in [-0.39, 0.29) is 12.6 Å². The van der Waals surface area contributed by atoms with E-state index < -0.39 is 15.3 Å². The first-order valence-electron chi connectivity index (χ1n) is 4.68. The zero-order chi connectivity index (χ0) is 11.2. The van der Waals surface area contributed by atoms with E-state index in [1.165, 1.54) is 7.11 Å². The van der Waals surface area contributed by atoms with Crippen molar-refractivity contribution in [1.29, 1.82) is 0 Å². The first-order valence-corrected chi connectivity index (χ1v) is 6.22. The fourth-order valence-corrected chi connectivity index (χ4v) is 2.69. The Morgan fingerprint density at radius 3 is 2.43 bits per heavy atom. The van der Waals surface area contributed by atoms with Crippen molar-refractivity contribution in [3.05, 3.63) is 0 Å². The molecule has 0 aromatic rings. The minimum Gasteiger partial charge on any atom is -0.383 e. The maximum absolute atomic E-state index is 11.6. The summed E-state index contributed by atoms with van der Waals surface area (Å²) in [6.45, 7) is 4.06. The van der Waals surface area contributed by atoms with Gasteiger partial charge in [-0.15, -0.1) is 0 Å². The lowest BCUT2D eigenvalue weighted by atomic mass is 10.3. The fourth-order valence-electron chi connectivity index (χ4n) is 1.17. The largest absolute Gasteiger partial charge is 0.383 e. The minimum absolute atomic E-state index is 0.144. The average molecular weight is 224 g/mol. The quantitative estimate of drug-likeness (QED) is 0.621. The van der Waals surface area contributed by atoms with E-state index in [1.807, 2.05) is 0 Å². The van der Waals surface area contributed by atoms with E-state index in [2.05, 4.69) is 4.72 Å². The molecule has 0 saturated heterocycles. The van der Waals surface area contributed by atoms with Crippen LogP contribution in [0, 0.1) is 0 Å². The highest BCUT2D eigenvalue weighted by Crippen LogP contribution is 2.03. The summed E-state index contributed by atoms with van der Waals surface area (Å²) < 4.78 is 30.6. The van der Waals surface area contributed by atoms with E-state index in [9.17, 15) is 8.42 Å². The molecule has 2 atom stereocenters. The fraction of sp³-hybridized carbons (Fsp3) is 1.00. The Morgan fingerprint density at radius 1 is 1.50 bits per heavy atom. The maximum Gasteiger partial charge on any atom is 0.216 e. The molecule has 0 aliphatic carbocycles. The molecule has 0 bridgehead atoms. The van der Waals surface area contributed by atoms with Crippen LogP contribution in [0.1, 0.15) is 20.3 Å². The first-order chi connectivity index (χ1) is 6.47. The highest BCUT2D eigenvalue weighted by atomic mass is 32.2. The van der Waals surface area contributed by atoms with Gasteiger partial charge in [0.2, 0.25) is 10.0 Å². The molecule has 0 fully saturated rings. The number of methoxy groups -OCH3 is 1. The molecular weight excluding hydrogens is 204 g/mol. The molecule has 6 heteroatoms. The molecule has 0 heterocycles. The van der Waals surface area contributed by atoms with Crippen LogP contribution in [0.25, 0.3) is 0 Å². The van der Waals surface area contributed by atoms with Crippen molar-refractivity contribution in [2.75, 3.05) is 20.3 Å². The summed E-state index contributed by atoms with van der Waals surface area (Å²) in [5.74, 6) is 0. The molecule has 0 aromatic heterocycles. The van der Waals surface area contributed by atoms with Crippen molar-refractivity contribution in [2.24, 2.45) is 5.73 Å². The van der Waals surface area contributed by atoms with Crippen LogP contribution < -0.4 is 10.5 Å². The van der Waals surface area contributed by atoms with Gasteiger partial charge in [-0.3, -0.25) is 0 Å². The van der Waals surface area contributed by atoms with Gasteiger partial charge in [0.15, 0.2) is 0 Å². The predicted molar refractivity (Wildman–Crippen MR) is 56.5 cm³/mol. The second-order valence-electron chi connectivity index (χ2n) is 3.29. The number of rotatable bonds is 7. The normalized spacial score (nSPS) is 16.6. The van der Waals surface area contributed by atoms with Crippen LogP contribution in [0.4, 0.5) is 0 Å². The molecule has 86 valence electrons. The maximum atomic E-state index is 11.6. The number of nitrogens with one attached hydrogen (secondary N) is 1. The summed E-state index contributed by atoms with van der Waals surface area (Å²) in [4.78, 5) is 0. The van der Waals surface area contributed by atoms with Crippen LogP contribution in [-0.2, 0) is 14.8 Å². The van der Waals surface area contributed by atoms with Crippen molar-refractivity contribution >= 4 is 10.0 Å². The number of sulfonamides is 1. The summed E-state index contributed by atoms with van der Waals surface area (Å²) in [5.41, 5.74) is 5.37. The van der Waals surface area contributed by atoms with E-state index in [1.54, 1.807) is 13.8 Å². The van der Waals surface area contributed by atoms with Crippen LogP contribution in [0.15, 0.2) is 0 Å². The molecule has 5 nitrogen and oxygen atoms in total. The molecule has 0 aliphatic heterocycles. The van der Waals surface area contributed by atoms with E-state index >= 15 is 0 Å². The van der Waals surface area contributed by atoms with Crippen LogP contribution in [0.2, 0.25) is 0 Å². The lowest BCUT2D eigenvalue weighted by Gasteiger charge is -2.18. The third-order valence-corrected chi connectivity index (χ3v) is 4.07. The van der Waals surface area contributed by atoms with Gasteiger partial charge in [-0.1, -0.05) is 6.92 Å². The van der Waals surface area contributed by atoms with Crippen molar-refractivity contribution in [3.8, 4) is 0 Å². The zero-order valence-corrected chi connectivity index (χ0v) is 9.80. The number of ether oxygens (including phenoxy) is 1. The van der Waals surface area contributed by atoms with Gasteiger partial charge in [-0.05, 0) is 13.3 Å². The molecule has 14 heavy (non-hydrogen) atoms. The Kier molecular flexibility index (Phi) is 6.26. The third kappa shape index (κ3) is 4.36. The smallest absolute Gasteiger partial charge is 0.216 e. The SMILES string of the molecule is CCC(CN)S(=O)(=O)NC(C)COC. The monoisotopic (exact) mass is 224 g/mol. The molecule has 0 spiro atoms. The standard InChI is InChI=1S/C8H20N2O3S/c1-4-8(5-9)14(11,12)10-7(2)6-13-3/h7-8,10H,4-6,9H2,1-3H3. The Hall–Kier alpha value is -0.170. The van der Waals surface area contributed by atoms with Crippen LogP contribution in [0.5, 0.6) is 0 Å². The second-order valence-corrected chi connectivity index (χ2v) is 5.28. The summed E-state index contributed by atoms with van der Waals surface area (Å²) >= 11 is 0. The minimum atomic E-state index is -3.30. The summed E-state index contributed by atoms with van der Waals surface area (Å²) in [5, 5.41) is -0.512. The van der Waals surface area contributed by atoms with E-state index in [0.29, 0.717) is 13.0 Å². The van der Waals surface area contributed by atoms with Gasteiger partial charge in [0.05, 0.1) is 11.9 Å². The lowest BCUT2D eigenvalue weighted by Crippen LogP contribution is -2.44. The Labute approximate surface area is 86.1 Å². The van der Waals surface area contributed by atoms with Crippen molar-refractivity contribution in [3.63, 3.8) is 0 Å². The van der Waals surface area contributed by atoms with Gasteiger partial charge in [0.25, 0.3) is 0 Å². The molecule has 0 radical (unpaired) electrons. The molecule has 0 aromatic carbocycles. The average Bonchev–Trinajstić information content (AvgIpc) is 2.04. The molecule has 0 amide bonds. The summed E-state index contributed by atoms with van der Waals surface area (Å²) in [6, 6.07) is -0.217. The summed E-state index contributed by atoms with van der Waals surface area (Å²) in [7, 11) is -1.77. The highest BCUT2D eigenvalue weighted by molar-refractivity contribution is 7.90. The Bertz CT molecular complexity index is 237. The Balaban J connectivity index is 4.32. The van der Waals surface area contributed by atoms with Gasteiger partial charge < -0.3 is 10.5 Å². The van der Waals surface area contributed by atoms with E-state index in [4.69, 9.17) is 10.5 Å². The molecule has 0 rings (SSSR count). The highest BCUT2D eigenvalue weighted by Gasteiger charge is 2.23. The topological polar surface area (TPSA) is 81.4 Å². The molecule has 2 unspecified atom stereocenters. The predicted octanol–water partition coefficient (Wildman–Crippen LogP) is -0.322. The second kappa shape index (κ2) is 6.34. The Morgan fingerprint density at radius 2 is 2.07 bits per heavy atom. The zero-order valence-electron chi connectivity index (χ0n) is 8.99. The van der Waals surface area contributed by atoms with Crippen LogP contribution in [-0.4, -0.2) is 40.0 Å².